The van der Waals surface area contributed by atoms with E-state index in [0.29, 0.717) is 12.3 Å². The van der Waals surface area contributed by atoms with Crippen LogP contribution in [0, 0.1) is 6.92 Å². The maximum atomic E-state index is 12.1. The number of fused-ring (bicyclic) bond motifs is 2. The number of aryl methyl sites for hydroxylation is 1. The van der Waals surface area contributed by atoms with Gasteiger partial charge in [-0.25, -0.2) is 4.98 Å². The Morgan fingerprint density at radius 2 is 2.00 bits per heavy atom. The van der Waals surface area contributed by atoms with Gasteiger partial charge in [0.25, 0.3) is 0 Å². The van der Waals surface area contributed by atoms with Gasteiger partial charge in [-0.3, -0.25) is 4.79 Å². The molecule has 2 aromatic heterocycles. The summed E-state index contributed by atoms with van der Waals surface area (Å²) in [6, 6.07) is 10.5. The van der Waals surface area contributed by atoms with Gasteiger partial charge in [0.2, 0.25) is 5.91 Å². The molecular weight excluding hydrogens is 415 g/mol. The number of benzene rings is 1. The zero-order valence-corrected chi connectivity index (χ0v) is 18.1. The molecule has 150 valence electrons. The zero-order chi connectivity index (χ0) is 17.9. The van der Waals surface area contributed by atoms with Crippen molar-refractivity contribution in [3.8, 4) is 0 Å². The second kappa shape index (κ2) is 10.2. The summed E-state index contributed by atoms with van der Waals surface area (Å²) in [5, 5.41) is 6.34. The molecule has 1 aliphatic rings. The van der Waals surface area contributed by atoms with Crippen molar-refractivity contribution >= 4 is 48.1 Å². The van der Waals surface area contributed by atoms with Crippen molar-refractivity contribution in [3.63, 3.8) is 0 Å². The van der Waals surface area contributed by atoms with E-state index in [1.165, 1.54) is 16.7 Å². The van der Waals surface area contributed by atoms with Gasteiger partial charge in [-0.1, -0.05) is 24.3 Å². The minimum atomic E-state index is 0. The Morgan fingerprint density at radius 1 is 1.18 bits per heavy atom. The Hall–Kier alpha value is -1.73. The van der Waals surface area contributed by atoms with Crippen LogP contribution in [0.5, 0.6) is 0 Å². The summed E-state index contributed by atoms with van der Waals surface area (Å²) in [6.07, 6.45) is 4.10. The lowest BCUT2D eigenvalue weighted by molar-refractivity contribution is -0.118. The number of amides is 1. The molecule has 0 aliphatic carbocycles. The second-order valence-corrected chi connectivity index (χ2v) is 7.67. The van der Waals surface area contributed by atoms with Crippen molar-refractivity contribution in [3.05, 3.63) is 70.7 Å². The van der Waals surface area contributed by atoms with Gasteiger partial charge in [-0.05, 0) is 35.2 Å². The first-order chi connectivity index (χ1) is 12.7. The third-order valence-electron chi connectivity index (χ3n) is 4.52. The van der Waals surface area contributed by atoms with Crippen LogP contribution in [0.25, 0.3) is 5.65 Å². The maximum absolute atomic E-state index is 12.1. The first kappa shape index (κ1) is 22.6. The molecule has 5 nitrogen and oxygen atoms in total. The van der Waals surface area contributed by atoms with Gasteiger partial charge < -0.3 is 15.0 Å². The number of imidazole rings is 1. The molecule has 0 atom stereocenters. The second-order valence-electron chi connectivity index (χ2n) is 6.68. The van der Waals surface area contributed by atoms with Crippen LogP contribution in [-0.4, -0.2) is 21.0 Å². The van der Waals surface area contributed by atoms with E-state index in [1.807, 2.05) is 16.7 Å². The van der Waals surface area contributed by atoms with E-state index < -0.39 is 0 Å². The quantitative estimate of drug-likeness (QED) is 0.616. The largest absolute Gasteiger partial charge is 0.351 e. The van der Waals surface area contributed by atoms with Crippen LogP contribution < -0.4 is 10.6 Å². The number of thioether (sulfide) groups is 1. The first-order valence-electron chi connectivity index (χ1n) is 8.77. The van der Waals surface area contributed by atoms with E-state index in [4.69, 9.17) is 0 Å². The summed E-state index contributed by atoms with van der Waals surface area (Å²) in [4.78, 5) is 16.7. The summed E-state index contributed by atoms with van der Waals surface area (Å²) >= 11 is 1.59. The van der Waals surface area contributed by atoms with E-state index in [9.17, 15) is 4.79 Å². The average molecular weight is 439 g/mol. The molecule has 8 heteroatoms. The predicted octanol–water partition coefficient (Wildman–Crippen LogP) is 3.64. The molecule has 1 aromatic carbocycles. The number of halogens is 2. The van der Waals surface area contributed by atoms with Gasteiger partial charge in [0.1, 0.15) is 5.65 Å². The van der Waals surface area contributed by atoms with Crippen LogP contribution >= 0.6 is 36.6 Å². The molecular formula is C20H24Cl2N4OS. The normalized spacial score (nSPS) is 12.2. The van der Waals surface area contributed by atoms with Crippen molar-refractivity contribution in [2.24, 2.45) is 0 Å². The van der Waals surface area contributed by atoms with Crippen LogP contribution in [0.2, 0.25) is 0 Å². The molecule has 0 bridgehead atoms. The van der Waals surface area contributed by atoms with Crippen molar-refractivity contribution in [1.29, 1.82) is 0 Å². The van der Waals surface area contributed by atoms with Gasteiger partial charge in [-0.2, -0.15) is 0 Å². The SMILES string of the molecule is Cc1ccc2nc(CSCC(=O)NCc3ccc4c(c3)CNC4)cn2c1.Cl.Cl. The number of pyridine rings is 1. The molecule has 2 N–H and O–H groups in total. The van der Waals surface area contributed by atoms with E-state index in [0.717, 1.165) is 35.7 Å². The summed E-state index contributed by atoms with van der Waals surface area (Å²) < 4.78 is 2.04. The number of rotatable bonds is 6. The monoisotopic (exact) mass is 438 g/mol. The Balaban J connectivity index is 0.00000140. The first-order valence-corrected chi connectivity index (χ1v) is 9.93. The number of hydrogen-bond donors (Lipinski definition) is 2. The van der Waals surface area contributed by atoms with Gasteiger partial charge in [0, 0.05) is 37.8 Å². The number of hydrogen-bond acceptors (Lipinski definition) is 4. The fraction of sp³-hybridized carbons (Fsp3) is 0.300. The molecule has 1 amide bonds. The Morgan fingerprint density at radius 3 is 2.86 bits per heavy atom. The highest BCUT2D eigenvalue weighted by Gasteiger charge is 2.10. The molecule has 1 aliphatic heterocycles. The molecule has 0 saturated heterocycles. The summed E-state index contributed by atoms with van der Waals surface area (Å²) in [5.41, 5.74) is 7.00. The third kappa shape index (κ3) is 5.41. The zero-order valence-electron chi connectivity index (χ0n) is 15.6. The molecule has 0 spiro atoms. The number of nitrogens with zero attached hydrogens (tertiary/aromatic N) is 2. The van der Waals surface area contributed by atoms with Crippen molar-refractivity contribution in [2.45, 2.75) is 32.3 Å². The number of nitrogens with one attached hydrogen (secondary N) is 2. The lowest BCUT2D eigenvalue weighted by Crippen LogP contribution is -2.24. The van der Waals surface area contributed by atoms with Crippen LogP contribution in [0.3, 0.4) is 0 Å². The molecule has 3 aromatic rings. The van der Waals surface area contributed by atoms with Crippen LogP contribution in [0.15, 0.2) is 42.7 Å². The highest BCUT2D eigenvalue weighted by atomic mass is 35.5. The van der Waals surface area contributed by atoms with Crippen LogP contribution in [0.4, 0.5) is 0 Å². The van der Waals surface area contributed by atoms with Gasteiger partial charge >= 0.3 is 0 Å². The number of carbonyl (C=O) groups excluding carboxylic acids is 1. The maximum Gasteiger partial charge on any atom is 0.230 e. The van der Waals surface area contributed by atoms with Crippen molar-refractivity contribution in [1.82, 2.24) is 20.0 Å². The molecule has 28 heavy (non-hydrogen) atoms. The van der Waals surface area contributed by atoms with E-state index in [2.05, 4.69) is 53.0 Å². The summed E-state index contributed by atoms with van der Waals surface area (Å²) in [6.45, 7) is 4.52. The lowest BCUT2D eigenvalue weighted by atomic mass is 10.1. The smallest absolute Gasteiger partial charge is 0.230 e. The highest BCUT2D eigenvalue weighted by Crippen LogP contribution is 2.17. The highest BCUT2D eigenvalue weighted by molar-refractivity contribution is 7.99. The fourth-order valence-electron chi connectivity index (χ4n) is 3.18. The van der Waals surface area contributed by atoms with Crippen molar-refractivity contribution in [2.75, 3.05) is 5.75 Å². The Bertz CT molecular complexity index is 961. The fourth-order valence-corrected chi connectivity index (χ4v) is 3.92. The molecule has 0 radical (unpaired) electrons. The minimum absolute atomic E-state index is 0. The van der Waals surface area contributed by atoms with Gasteiger partial charge in [0.05, 0.1) is 11.4 Å². The lowest BCUT2D eigenvalue weighted by Gasteiger charge is -2.07. The van der Waals surface area contributed by atoms with Crippen LogP contribution in [-0.2, 0) is 30.2 Å². The van der Waals surface area contributed by atoms with Gasteiger partial charge in [0.15, 0.2) is 0 Å². The predicted molar refractivity (Wildman–Crippen MR) is 119 cm³/mol. The van der Waals surface area contributed by atoms with E-state index >= 15 is 0 Å². The number of carbonyl (C=O) groups is 1. The molecule has 0 fully saturated rings. The molecule has 0 unspecified atom stereocenters. The summed E-state index contributed by atoms with van der Waals surface area (Å²) in [7, 11) is 0. The minimum Gasteiger partial charge on any atom is -0.351 e. The topological polar surface area (TPSA) is 58.4 Å². The summed E-state index contributed by atoms with van der Waals surface area (Å²) in [5.74, 6) is 1.24. The van der Waals surface area contributed by atoms with E-state index in [-0.39, 0.29) is 30.7 Å². The Kier molecular flexibility index (Phi) is 8.19. The van der Waals surface area contributed by atoms with Crippen molar-refractivity contribution < 1.29 is 4.79 Å². The molecule has 0 saturated carbocycles. The van der Waals surface area contributed by atoms with Crippen LogP contribution in [0.1, 0.15) is 27.9 Å². The third-order valence-corrected chi connectivity index (χ3v) is 5.49. The standard InChI is InChI=1S/C20H22N4OS.2ClH/c1-14-2-5-19-23-18(11-24(19)10-14)12-26-13-20(25)22-7-15-3-4-16-8-21-9-17(16)6-15;;/h2-6,10-11,21H,7-9,12-13H2,1H3,(H,22,25);2*1H. The molecule has 4 rings (SSSR count). The average Bonchev–Trinajstić information content (AvgIpc) is 3.25. The van der Waals surface area contributed by atoms with Gasteiger partial charge in [-0.15, -0.1) is 36.6 Å². The number of aromatic nitrogens is 2. The molecule has 3 heterocycles. The Labute approximate surface area is 181 Å². The van der Waals surface area contributed by atoms with E-state index in [1.54, 1.807) is 11.8 Å².